The molecule has 1 N–H and O–H groups in total. The van der Waals surface area contributed by atoms with Crippen molar-refractivity contribution < 1.29 is 18.7 Å². The highest BCUT2D eigenvalue weighted by atomic mass is 19.1. The van der Waals surface area contributed by atoms with Crippen LogP contribution in [-0.4, -0.2) is 16.8 Å². The fourth-order valence-corrected chi connectivity index (χ4v) is 3.54. The van der Waals surface area contributed by atoms with Crippen LogP contribution in [-0.2, 0) is 23.5 Å². The van der Waals surface area contributed by atoms with E-state index in [-0.39, 0.29) is 18.3 Å². The minimum absolute atomic E-state index is 0.120. The van der Waals surface area contributed by atoms with E-state index >= 15 is 0 Å². The number of ether oxygens (including phenoxy) is 1. The summed E-state index contributed by atoms with van der Waals surface area (Å²) in [5.41, 5.74) is 1.52. The summed E-state index contributed by atoms with van der Waals surface area (Å²) in [7, 11) is 0. The molecule has 0 saturated carbocycles. The summed E-state index contributed by atoms with van der Waals surface area (Å²) >= 11 is 0. The van der Waals surface area contributed by atoms with Gasteiger partial charge < -0.3 is 10.1 Å². The Labute approximate surface area is 184 Å². The first-order valence-electron chi connectivity index (χ1n) is 10.00. The van der Waals surface area contributed by atoms with Crippen LogP contribution in [0.1, 0.15) is 29.2 Å². The van der Waals surface area contributed by atoms with Crippen molar-refractivity contribution >= 4 is 11.9 Å². The molecule has 1 aliphatic heterocycles. The molecule has 0 aromatic heterocycles. The molecule has 3 aromatic rings. The molecule has 1 atom stereocenters. The fourth-order valence-electron chi connectivity index (χ4n) is 3.54. The first-order valence-corrected chi connectivity index (χ1v) is 10.00. The van der Waals surface area contributed by atoms with E-state index in [0.29, 0.717) is 23.5 Å². The van der Waals surface area contributed by atoms with Crippen molar-refractivity contribution in [2.24, 2.45) is 0 Å². The van der Waals surface area contributed by atoms with Gasteiger partial charge >= 0.3 is 6.03 Å². The molecule has 0 aliphatic carbocycles. The molecular weight excluding hydrogens is 409 g/mol. The molecule has 6 nitrogen and oxygen atoms in total. The van der Waals surface area contributed by atoms with Gasteiger partial charge in [0.15, 0.2) is 0 Å². The van der Waals surface area contributed by atoms with Gasteiger partial charge in [-0.05, 0) is 60.0 Å². The highest BCUT2D eigenvalue weighted by Gasteiger charge is 2.48. The number of rotatable bonds is 6. The molecule has 4 rings (SSSR count). The number of hydrogen-bond acceptors (Lipinski definition) is 4. The highest BCUT2D eigenvalue weighted by molar-refractivity contribution is 6.07. The van der Waals surface area contributed by atoms with Crippen molar-refractivity contribution in [3.63, 3.8) is 0 Å². The number of nitrogens with one attached hydrogen (secondary N) is 1. The van der Waals surface area contributed by atoms with Crippen molar-refractivity contribution in [3.8, 4) is 11.8 Å². The Morgan fingerprint density at radius 3 is 2.22 bits per heavy atom. The number of benzene rings is 3. The summed E-state index contributed by atoms with van der Waals surface area (Å²) in [4.78, 5) is 26.8. The zero-order valence-corrected chi connectivity index (χ0v) is 17.3. The van der Waals surface area contributed by atoms with Crippen LogP contribution in [0.2, 0.25) is 0 Å². The van der Waals surface area contributed by atoms with Crippen LogP contribution in [0.5, 0.6) is 5.75 Å². The van der Waals surface area contributed by atoms with Gasteiger partial charge in [0.2, 0.25) is 0 Å². The number of amides is 3. The lowest BCUT2D eigenvalue weighted by molar-refractivity contribution is -0.131. The van der Waals surface area contributed by atoms with Gasteiger partial charge in [-0.25, -0.2) is 9.18 Å². The predicted octanol–water partition coefficient (Wildman–Crippen LogP) is 4.24. The molecule has 3 aromatic carbocycles. The Hall–Kier alpha value is -4.18. The monoisotopic (exact) mass is 429 g/mol. The van der Waals surface area contributed by atoms with E-state index in [0.717, 1.165) is 11.1 Å². The van der Waals surface area contributed by atoms with E-state index in [1.54, 1.807) is 67.6 Å². The second kappa shape index (κ2) is 8.52. The normalized spacial score (nSPS) is 17.7. The molecule has 1 unspecified atom stereocenters. The summed E-state index contributed by atoms with van der Waals surface area (Å²) in [6, 6.07) is 21.3. The molecule has 32 heavy (non-hydrogen) atoms. The minimum Gasteiger partial charge on any atom is -0.489 e. The molecular formula is C25H20FN3O3. The molecule has 1 saturated heterocycles. The third-order valence-corrected chi connectivity index (χ3v) is 5.45. The quantitative estimate of drug-likeness (QED) is 0.594. The van der Waals surface area contributed by atoms with Gasteiger partial charge in [-0.2, -0.15) is 5.26 Å². The van der Waals surface area contributed by atoms with Gasteiger partial charge in [0.25, 0.3) is 5.91 Å². The SMILES string of the molecule is CC1(c2ccc(C#N)cc2)NC(=O)N(Cc2ccc(OCc3ccc(F)cc3)cc2)C1=O. The Kier molecular flexibility index (Phi) is 5.61. The van der Waals surface area contributed by atoms with Crippen molar-refractivity contribution in [1.29, 1.82) is 5.26 Å². The van der Waals surface area contributed by atoms with Crippen LogP contribution in [0.4, 0.5) is 9.18 Å². The first kappa shape index (κ1) is 21.1. The minimum atomic E-state index is -1.19. The summed E-state index contributed by atoms with van der Waals surface area (Å²) in [5.74, 6) is -0.0320. The topological polar surface area (TPSA) is 82.4 Å². The number of carbonyl (C=O) groups is 2. The maximum Gasteiger partial charge on any atom is 0.325 e. The largest absolute Gasteiger partial charge is 0.489 e. The summed E-state index contributed by atoms with van der Waals surface area (Å²) in [6.45, 7) is 2.07. The van der Waals surface area contributed by atoms with Gasteiger partial charge in [0.05, 0.1) is 18.2 Å². The molecule has 7 heteroatoms. The molecule has 0 radical (unpaired) electrons. The number of hydrogen-bond donors (Lipinski definition) is 1. The van der Waals surface area contributed by atoms with E-state index in [1.807, 2.05) is 6.07 Å². The maximum atomic E-state index is 13.1. The zero-order chi connectivity index (χ0) is 22.7. The van der Waals surface area contributed by atoms with E-state index in [2.05, 4.69) is 5.32 Å². The average molecular weight is 429 g/mol. The maximum absolute atomic E-state index is 13.1. The van der Waals surface area contributed by atoms with E-state index in [1.165, 1.54) is 17.0 Å². The van der Waals surface area contributed by atoms with E-state index in [4.69, 9.17) is 10.00 Å². The molecule has 0 bridgehead atoms. The number of carbonyl (C=O) groups excluding carboxylic acids is 2. The van der Waals surface area contributed by atoms with Crippen LogP contribution in [0.3, 0.4) is 0 Å². The lowest BCUT2D eigenvalue weighted by Gasteiger charge is -2.22. The van der Waals surface area contributed by atoms with Gasteiger partial charge in [-0.3, -0.25) is 9.69 Å². The Morgan fingerprint density at radius 2 is 1.59 bits per heavy atom. The third-order valence-electron chi connectivity index (χ3n) is 5.45. The van der Waals surface area contributed by atoms with Crippen LogP contribution < -0.4 is 10.1 Å². The number of nitriles is 1. The van der Waals surface area contributed by atoms with Gasteiger partial charge in [-0.15, -0.1) is 0 Å². The Morgan fingerprint density at radius 1 is 0.969 bits per heavy atom. The van der Waals surface area contributed by atoms with Crippen molar-refractivity contribution in [3.05, 3.63) is 101 Å². The van der Waals surface area contributed by atoms with Crippen molar-refractivity contribution in [2.45, 2.75) is 25.6 Å². The van der Waals surface area contributed by atoms with E-state index < -0.39 is 11.6 Å². The van der Waals surface area contributed by atoms with E-state index in [9.17, 15) is 14.0 Å². The Bertz CT molecular complexity index is 1190. The van der Waals surface area contributed by atoms with Crippen LogP contribution in [0.25, 0.3) is 0 Å². The second-order valence-corrected chi connectivity index (χ2v) is 7.69. The second-order valence-electron chi connectivity index (χ2n) is 7.69. The summed E-state index contributed by atoms with van der Waals surface area (Å²) in [6.07, 6.45) is 0. The Balaban J connectivity index is 1.42. The molecule has 0 spiro atoms. The van der Waals surface area contributed by atoms with Crippen LogP contribution in [0.15, 0.2) is 72.8 Å². The third kappa shape index (κ3) is 4.16. The first-order chi connectivity index (χ1) is 15.4. The van der Waals surface area contributed by atoms with Gasteiger partial charge in [0.1, 0.15) is 23.7 Å². The average Bonchev–Trinajstić information content (AvgIpc) is 3.03. The number of urea groups is 1. The van der Waals surface area contributed by atoms with Gasteiger partial charge in [-0.1, -0.05) is 36.4 Å². The molecule has 3 amide bonds. The lowest BCUT2D eigenvalue weighted by Crippen LogP contribution is -2.40. The number of halogens is 1. The van der Waals surface area contributed by atoms with Crippen LogP contribution >= 0.6 is 0 Å². The van der Waals surface area contributed by atoms with Gasteiger partial charge in [0, 0.05) is 0 Å². The number of nitrogens with zero attached hydrogens (tertiary/aromatic N) is 2. The zero-order valence-electron chi connectivity index (χ0n) is 17.3. The van der Waals surface area contributed by atoms with Crippen molar-refractivity contribution in [1.82, 2.24) is 10.2 Å². The predicted molar refractivity (Wildman–Crippen MR) is 115 cm³/mol. The molecule has 1 fully saturated rings. The summed E-state index contributed by atoms with van der Waals surface area (Å²) < 4.78 is 18.7. The smallest absolute Gasteiger partial charge is 0.325 e. The molecule has 1 heterocycles. The molecule has 160 valence electrons. The molecule has 1 aliphatic rings. The standard InChI is InChI=1S/C25H20FN3O3/c1-25(20-8-2-17(14-27)3-9-20)23(30)29(24(31)28-25)15-18-6-12-22(13-7-18)32-16-19-4-10-21(26)11-5-19/h2-13H,15-16H2,1H3,(H,28,31). The lowest BCUT2D eigenvalue weighted by atomic mass is 9.91. The number of imide groups is 1. The summed E-state index contributed by atoms with van der Waals surface area (Å²) in [5, 5.41) is 11.7. The van der Waals surface area contributed by atoms with Crippen LogP contribution in [0, 0.1) is 17.1 Å². The fraction of sp³-hybridized carbons (Fsp3) is 0.160. The highest BCUT2D eigenvalue weighted by Crippen LogP contribution is 2.30. The van der Waals surface area contributed by atoms with Crippen molar-refractivity contribution in [2.75, 3.05) is 0 Å².